The second kappa shape index (κ2) is 10.6. The van der Waals surface area contributed by atoms with Crippen LogP contribution in [0.15, 0.2) is 30.3 Å². The molecule has 1 saturated heterocycles. The van der Waals surface area contributed by atoms with E-state index >= 15 is 0 Å². The SMILES string of the molecule is CCOC(=O)[C@H](CCc1ccccc1)N[C@@H]1CC[C@@H]2CCC[C@@H]2N(CC(=O)O)C1=O. The van der Waals surface area contributed by atoms with E-state index in [1.165, 1.54) is 4.90 Å². The lowest BCUT2D eigenvalue weighted by atomic mass is 9.97. The molecular weight excluding hydrogens is 384 g/mol. The van der Waals surface area contributed by atoms with Crippen molar-refractivity contribution in [2.45, 2.75) is 70.0 Å². The second-order valence-electron chi connectivity index (χ2n) is 8.24. The fourth-order valence-corrected chi connectivity index (χ4v) is 4.84. The maximum atomic E-state index is 13.3. The lowest BCUT2D eigenvalue weighted by molar-refractivity contribution is -0.149. The highest BCUT2D eigenvalue weighted by atomic mass is 16.5. The number of esters is 1. The van der Waals surface area contributed by atoms with Crippen LogP contribution >= 0.6 is 0 Å². The van der Waals surface area contributed by atoms with Gasteiger partial charge in [-0.15, -0.1) is 0 Å². The number of nitrogens with one attached hydrogen (secondary N) is 1. The molecule has 2 fully saturated rings. The Morgan fingerprint density at radius 3 is 2.67 bits per heavy atom. The molecule has 0 aromatic heterocycles. The minimum atomic E-state index is -0.999. The van der Waals surface area contributed by atoms with Gasteiger partial charge in [0, 0.05) is 6.04 Å². The van der Waals surface area contributed by atoms with E-state index in [1.54, 1.807) is 6.92 Å². The zero-order valence-electron chi connectivity index (χ0n) is 17.6. The zero-order valence-corrected chi connectivity index (χ0v) is 17.6. The van der Waals surface area contributed by atoms with Crippen LogP contribution in [0.5, 0.6) is 0 Å². The van der Waals surface area contributed by atoms with Crippen LogP contribution in [-0.2, 0) is 25.5 Å². The Morgan fingerprint density at radius 2 is 1.97 bits per heavy atom. The van der Waals surface area contributed by atoms with Crippen LogP contribution in [0.2, 0.25) is 0 Å². The number of fused-ring (bicyclic) bond motifs is 1. The first-order chi connectivity index (χ1) is 14.5. The van der Waals surface area contributed by atoms with E-state index < -0.39 is 18.1 Å². The topological polar surface area (TPSA) is 95.9 Å². The molecule has 0 radical (unpaired) electrons. The van der Waals surface area contributed by atoms with Crippen LogP contribution in [0, 0.1) is 5.92 Å². The molecule has 1 heterocycles. The number of aryl methyl sites for hydroxylation is 1. The maximum absolute atomic E-state index is 13.3. The van der Waals surface area contributed by atoms with E-state index in [0.717, 1.165) is 31.2 Å². The maximum Gasteiger partial charge on any atom is 0.323 e. The van der Waals surface area contributed by atoms with Crippen molar-refractivity contribution in [2.75, 3.05) is 13.2 Å². The zero-order chi connectivity index (χ0) is 21.5. The summed E-state index contributed by atoms with van der Waals surface area (Å²) in [6.45, 7) is 1.75. The van der Waals surface area contributed by atoms with Gasteiger partial charge in [-0.3, -0.25) is 19.7 Å². The summed E-state index contributed by atoms with van der Waals surface area (Å²) in [5, 5.41) is 12.6. The number of likely N-dealkylation sites (tertiary alicyclic amines) is 1. The summed E-state index contributed by atoms with van der Waals surface area (Å²) in [5.74, 6) is -1.23. The van der Waals surface area contributed by atoms with Crippen molar-refractivity contribution in [1.29, 1.82) is 0 Å². The van der Waals surface area contributed by atoms with Gasteiger partial charge in [0.25, 0.3) is 0 Å². The summed E-state index contributed by atoms with van der Waals surface area (Å²) in [5.41, 5.74) is 1.11. The molecule has 1 amide bonds. The van der Waals surface area contributed by atoms with Crippen LogP contribution in [0.1, 0.15) is 51.0 Å². The highest BCUT2D eigenvalue weighted by Gasteiger charge is 2.42. The molecule has 4 atom stereocenters. The van der Waals surface area contributed by atoms with Gasteiger partial charge in [0.1, 0.15) is 12.6 Å². The molecule has 1 aliphatic heterocycles. The molecule has 1 aromatic rings. The number of hydrogen-bond acceptors (Lipinski definition) is 5. The van der Waals surface area contributed by atoms with Gasteiger partial charge in [0.15, 0.2) is 0 Å². The summed E-state index contributed by atoms with van der Waals surface area (Å²) in [6, 6.07) is 8.69. The third-order valence-electron chi connectivity index (χ3n) is 6.27. The lowest BCUT2D eigenvalue weighted by Gasteiger charge is -2.31. The molecule has 1 aliphatic carbocycles. The number of carboxylic acid groups (broad SMARTS) is 1. The molecule has 164 valence electrons. The summed E-state index contributed by atoms with van der Waals surface area (Å²) in [4.78, 5) is 38.8. The number of hydrogen-bond donors (Lipinski definition) is 2. The van der Waals surface area contributed by atoms with Gasteiger partial charge in [-0.05, 0) is 56.9 Å². The van der Waals surface area contributed by atoms with Gasteiger partial charge in [-0.2, -0.15) is 0 Å². The second-order valence-corrected chi connectivity index (χ2v) is 8.24. The Hall–Kier alpha value is -2.41. The smallest absolute Gasteiger partial charge is 0.323 e. The molecule has 7 nitrogen and oxygen atoms in total. The van der Waals surface area contributed by atoms with Crippen LogP contribution < -0.4 is 5.32 Å². The Morgan fingerprint density at radius 1 is 1.20 bits per heavy atom. The van der Waals surface area contributed by atoms with Gasteiger partial charge in [-0.25, -0.2) is 0 Å². The van der Waals surface area contributed by atoms with Gasteiger partial charge in [-0.1, -0.05) is 36.8 Å². The summed E-state index contributed by atoms with van der Waals surface area (Å²) in [7, 11) is 0. The number of carboxylic acids is 1. The molecular formula is C23H32N2O5. The van der Waals surface area contributed by atoms with Crippen molar-refractivity contribution in [2.24, 2.45) is 5.92 Å². The van der Waals surface area contributed by atoms with E-state index in [9.17, 15) is 19.5 Å². The molecule has 1 saturated carbocycles. The average molecular weight is 417 g/mol. The van der Waals surface area contributed by atoms with Crippen molar-refractivity contribution >= 4 is 17.8 Å². The third kappa shape index (κ3) is 5.59. The van der Waals surface area contributed by atoms with E-state index in [1.807, 2.05) is 30.3 Å². The molecule has 2 aliphatic rings. The van der Waals surface area contributed by atoms with Crippen LogP contribution in [-0.4, -0.2) is 59.1 Å². The number of ether oxygens (including phenoxy) is 1. The molecule has 7 heteroatoms. The molecule has 0 spiro atoms. The summed E-state index contributed by atoms with van der Waals surface area (Å²) in [6.07, 6.45) is 5.57. The van der Waals surface area contributed by atoms with Crippen molar-refractivity contribution in [3.05, 3.63) is 35.9 Å². The van der Waals surface area contributed by atoms with E-state index in [-0.39, 0.29) is 31.1 Å². The minimum absolute atomic E-state index is 0.00855. The van der Waals surface area contributed by atoms with E-state index in [0.29, 0.717) is 25.2 Å². The number of amides is 1. The minimum Gasteiger partial charge on any atom is -0.480 e. The Labute approximate surface area is 177 Å². The monoisotopic (exact) mass is 416 g/mol. The first-order valence-electron chi connectivity index (χ1n) is 11.0. The number of benzene rings is 1. The fourth-order valence-electron chi connectivity index (χ4n) is 4.84. The normalized spacial score (nSPS) is 24.8. The van der Waals surface area contributed by atoms with E-state index in [2.05, 4.69) is 5.32 Å². The Balaban J connectivity index is 1.73. The molecule has 0 unspecified atom stereocenters. The van der Waals surface area contributed by atoms with Gasteiger partial charge in [0.05, 0.1) is 12.6 Å². The average Bonchev–Trinajstić information content (AvgIpc) is 3.16. The van der Waals surface area contributed by atoms with Gasteiger partial charge in [0.2, 0.25) is 5.91 Å². The highest BCUT2D eigenvalue weighted by molar-refractivity contribution is 5.87. The number of aliphatic carboxylic acids is 1. The number of carbonyl (C=O) groups is 3. The molecule has 1 aromatic carbocycles. The quantitative estimate of drug-likeness (QED) is 0.600. The van der Waals surface area contributed by atoms with Crippen LogP contribution in [0.3, 0.4) is 0 Å². The Kier molecular flexibility index (Phi) is 7.85. The van der Waals surface area contributed by atoms with Gasteiger partial charge < -0.3 is 14.7 Å². The first kappa shape index (κ1) is 22.3. The molecule has 0 bridgehead atoms. The van der Waals surface area contributed by atoms with Crippen LogP contribution in [0.25, 0.3) is 0 Å². The van der Waals surface area contributed by atoms with Gasteiger partial charge >= 0.3 is 11.9 Å². The predicted molar refractivity (Wildman–Crippen MR) is 112 cm³/mol. The summed E-state index contributed by atoms with van der Waals surface area (Å²) < 4.78 is 5.25. The molecule has 3 rings (SSSR count). The van der Waals surface area contributed by atoms with E-state index in [4.69, 9.17) is 4.74 Å². The van der Waals surface area contributed by atoms with Crippen molar-refractivity contribution in [3.8, 4) is 0 Å². The molecule has 2 N–H and O–H groups in total. The lowest BCUT2D eigenvalue weighted by Crippen LogP contribution is -2.54. The first-order valence-corrected chi connectivity index (χ1v) is 11.0. The summed E-state index contributed by atoms with van der Waals surface area (Å²) >= 11 is 0. The fraction of sp³-hybridized carbons (Fsp3) is 0.609. The van der Waals surface area contributed by atoms with Crippen LogP contribution in [0.4, 0.5) is 0 Å². The number of rotatable bonds is 9. The van der Waals surface area contributed by atoms with Crippen molar-refractivity contribution < 1.29 is 24.2 Å². The molecule has 30 heavy (non-hydrogen) atoms. The predicted octanol–water partition coefficient (Wildman–Crippen LogP) is 2.38. The highest BCUT2D eigenvalue weighted by Crippen LogP contribution is 2.36. The standard InChI is InChI=1S/C23H32N2O5/c1-2-30-23(29)19(13-11-16-7-4-3-5-8-16)24-18-14-12-17-9-6-10-20(17)25(22(18)28)15-21(26)27/h3-5,7-8,17-20,24H,2,6,9-15H2,1H3,(H,26,27)/t17-,18+,19-,20-/m0/s1. The third-order valence-corrected chi connectivity index (χ3v) is 6.27. The number of carbonyl (C=O) groups excluding carboxylic acids is 2. The van der Waals surface area contributed by atoms with Crippen molar-refractivity contribution in [3.63, 3.8) is 0 Å². The number of nitrogens with zero attached hydrogens (tertiary/aromatic N) is 1. The Bertz CT molecular complexity index is 738. The largest absolute Gasteiger partial charge is 0.480 e. The van der Waals surface area contributed by atoms with Crippen molar-refractivity contribution in [1.82, 2.24) is 10.2 Å².